The van der Waals surface area contributed by atoms with E-state index in [0.717, 1.165) is 0 Å². The normalized spacial score (nSPS) is 10.3. The van der Waals surface area contributed by atoms with E-state index < -0.39 is 4.92 Å². The molecule has 0 aromatic heterocycles. The third kappa shape index (κ3) is 3.98. The van der Waals surface area contributed by atoms with Crippen LogP contribution < -0.4 is 10.7 Å². The van der Waals surface area contributed by atoms with E-state index in [-0.39, 0.29) is 17.0 Å². The number of hydrazone groups is 1. The minimum Gasteiger partial charge on any atom is -0.507 e. The van der Waals surface area contributed by atoms with Crippen molar-refractivity contribution in [3.05, 3.63) is 33.9 Å². The average molecular weight is 268 g/mol. The first-order valence-electron chi connectivity index (χ1n) is 5.09. The van der Waals surface area contributed by atoms with Gasteiger partial charge >= 0.3 is 0 Å². The van der Waals surface area contributed by atoms with Crippen LogP contribution in [0.3, 0.4) is 0 Å². The highest BCUT2D eigenvalue weighted by atomic mass is 32.1. The minimum atomic E-state index is -0.548. The summed E-state index contributed by atoms with van der Waals surface area (Å²) in [6, 6.07) is 3.67. The molecule has 8 heteroatoms. The molecule has 0 amide bonds. The lowest BCUT2D eigenvalue weighted by molar-refractivity contribution is -0.384. The molecule has 0 saturated carbocycles. The number of hydrogen-bond donors (Lipinski definition) is 3. The van der Waals surface area contributed by atoms with Gasteiger partial charge in [0, 0.05) is 24.2 Å². The number of nitro benzene ring substituents is 1. The first-order valence-corrected chi connectivity index (χ1v) is 5.49. The molecule has 0 atom stereocenters. The van der Waals surface area contributed by atoms with Crippen LogP contribution in [-0.2, 0) is 0 Å². The molecule has 96 valence electrons. The van der Waals surface area contributed by atoms with Crippen LogP contribution in [0.4, 0.5) is 5.69 Å². The Morgan fingerprint density at radius 2 is 2.39 bits per heavy atom. The molecule has 0 bridgehead atoms. The summed E-state index contributed by atoms with van der Waals surface area (Å²) in [7, 11) is 0. The maximum atomic E-state index is 10.6. The number of aromatic hydroxyl groups is 1. The molecule has 0 aliphatic carbocycles. The third-order valence-corrected chi connectivity index (χ3v) is 2.16. The number of nitrogens with one attached hydrogen (secondary N) is 2. The monoisotopic (exact) mass is 268 g/mol. The quantitative estimate of drug-likeness (QED) is 0.327. The molecule has 3 N–H and O–H groups in total. The molecule has 0 heterocycles. The summed E-state index contributed by atoms with van der Waals surface area (Å²) in [5.74, 6) is -0.0967. The SMILES string of the molecule is CCNC(=S)N/N=C/c1cc([N+](=O)[O-])ccc1O. The number of non-ortho nitro benzene ring substituents is 1. The van der Waals surface area contributed by atoms with Crippen molar-refractivity contribution >= 4 is 29.2 Å². The summed E-state index contributed by atoms with van der Waals surface area (Å²) in [5.41, 5.74) is 2.63. The van der Waals surface area contributed by atoms with Gasteiger partial charge in [0.1, 0.15) is 5.75 Å². The van der Waals surface area contributed by atoms with Crippen molar-refractivity contribution in [2.45, 2.75) is 6.92 Å². The molecule has 0 aliphatic rings. The van der Waals surface area contributed by atoms with Crippen LogP contribution >= 0.6 is 12.2 Å². The molecule has 1 aromatic carbocycles. The molecule has 0 radical (unpaired) electrons. The van der Waals surface area contributed by atoms with Crippen molar-refractivity contribution < 1.29 is 10.0 Å². The van der Waals surface area contributed by atoms with E-state index in [9.17, 15) is 15.2 Å². The molecule has 0 saturated heterocycles. The Bertz CT molecular complexity index is 490. The number of benzene rings is 1. The lowest BCUT2D eigenvalue weighted by Gasteiger charge is -2.03. The molecule has 0 aliphatic heterocycles. The van der Waals surface area contributed by atoms with Crippen LogP contribution in [0.15, 0.2) is 23.3 Å². The zero-order chi connectivity index (χ0) is 13.5. The van der Waals surface area contributed by atoms with Crippen molar-refractivity contribution in [3.8, 4) is 5.75 Å². The van der Waals surface area contributed by atoms with Gasteiger partial charge in [-0.05, 0) is 25.2 Å². The highest BCUT2D eigenvalue weighted by molar-refractivity contribution is 7.80. The van der Waals surface area contributed by atoms with Gasteiger partial charge in [-0.2, -0.15) is 5.10 Å². The second kappa shape index (κ2) is 6.50. The van der Waals surface area contributed by atoms with Crippen LogP contribution in [0.25, 0.3) is 0 Å². The smallest absolute Gasteiger partial charge is 0.270 e. The summed E-state index contributed by atoms with van der Waals surface area (Å²) >= 11 is 4.86. The fraction of sp³-hybridized carbons (Fsp3) is 0.200. The Balaban J connectivity index is 2.77. The summed E-state index contributed by atoms with van der Waals surface area (Å²) in [6.45, 7) is 2.54. The van der Waals surface area contributed by atoms with Crippen molar-refractivity contribution in [1.82, 2.24) is 10.7 Å². The Kier molecular flexibility index (Phi) is 5.00. The third-order valence-electron chi connectivity index (χ3n) is 1.93. The van der Waals surface area contributed by atoms with Gasteiger partial charge in [0.25, 0.3) is 5.69 Å². The summed E-state index contributed by atoms with van der Waals surface area (Å²) < 4.78 is 0. The van der Waals surface area contributed by atoms with Gasteiger partial charge in [-0.25, -0.2) is 0 Å². The fourth-order valence-electron chi connectivity index (χ4n) is 1.12. The van der Waals surface area contributed by atoms with E-state index >= 15 is 0 Å². The van der Waals surface area contributed by atoms with Gasteiger partial charge in [-0.1, -0.05) is 0 Å². The van der Waals surface area contributed by atoms with Gasteiger partial charge in [0.15, 0.2) is 5.11 Å². The van der Waals surface area contributed by atoms with Crippen LogP contribution in [0.2, 0.25) is 0 Å². The first kappa shape index (κ1) is 13.8. The first-order chi connectivity index (χ1) is 8.54. The zero-order valence-electron chi connectivity index (χ0n) is 9.58. The maximum Gasteiger partial charge on any atom is 0.270 e. The summed E-state index contributed by atoms with van der Waals surface area (Å²) in [4.78, 5) is 10.0. The van der Waals surface area contributed by atoms with Crippen molar-refractivity contribution in [3.63, 3.8) is 0 Å². The highest BCUT2D eigenvalue weighted by Gasteiger charge is 2.08. The number of phenolic OH excluding ortho intramolecular Hbond substituents is 1. The topological polar surface area (TPSA) is 99.8 Å². The van der Waals surface area contributed by atoms with Gasteiger partial charge in [-0.15, -0.1) is 0 Å². The Labute approximate surface area is 109 Å². The van der Waals surface area contributed by atoms with Crippen molar-refractivity contribution in [2.24, 2.45) is 5.10 Å². The number of phenols is 1. The highest BCUT2D eigenvalue weighted by Crippen LogP contribution is 2.20. The molecule has 1 rings (SSSR count). The number of hydrogen-bond acceptors (Lipinski definition) is 5. The van der Waals surface area contributed by atoms with Crippen LogP contribution in [0, 0.1) is 10.1 Å². The zero-order valence-corrected chi connectivity index (χ0v) is 10.4. The van der Waals surface area contributed by atoms with E-state index in [1.165, 1.54) is 24.4 Å². The van der Waals surface area contributed by atoms with E-state index in [0.29, 0.717) is 11.7 Å². The number of thiocarbonyl (C=S) groups is 1. The predicted octanol–water partition coefficient (Wildman–Crippen LogP) is 1.12. The van der Waals surface area contributed by atoms with E-state index in [2.05, 4.69) is 15.8 Å². The number of nitrogens with zero attached hydrogens (tertiary/aromatic N) is 2. The minimum absolute atomic E-state index is 0.0967. The fourth-order valence-corrected chi connectivity index (χ4v) is 1.32. The summed E-state index contributed by atoms with van der Waals surface area (Å²) in [6.07, 6.45) is 1.26. The second-order valence-electron chi connectivity index (χ2n) is 3.23. The maximum absolute atomic E-state index is 10.6. The lowest BCUT2D eigenvalue weighted by atomic mass is 10.2. The molecular formula is C10H12N4O3S. The molecule has 0 spiro atoms. The largest absolute Gasteiger partial charge is 0.507 e. The van der Waals surface area contributed by atoms with E-state index in [1.807, 2.05) is 6.92 Å². The molecule has 0 unspecified atom stereocenters. The standard InChI is InChI=1S/C10H12N4O3S/c1-2-11-10(18)13-12-6-7-5-8(14(16)17)3-4-9(7)15/h3-6,15H,2H2,1H3,(H2,11,13,18)/b12-6+. The van der Waals surface area contributed by atoms with Crippen LogP contribution in [0.5, 0.6) is 5.75 Å². The molecule has 18 heavy (non-hydrogen) atoms. The number of rotatable bonds is 4. The van der Waals surface area contributed by atoms with Gasteiger partial charge in [-0.3, -0.25) is 15.5 Å². The summed E-state index contributed by atoms with van der Waals surface area (Å²) in [5, 5.41) is 27.0. The van der Waals surface area contributed by atoms with E-state index in [4.69, 9.17) is 12.2 Å². The van der Waals surface area contributed by atoms with Gasteiger partial charge in [0.05, 0.1) is 11.1 Å². The molecule has 0 fully saturated rings. The van der Waals surface area contributed by atoms with Crippen molar-refractivity contribution in [1.29, 1.82) is 0 Å². The molecule has 7 nitrogen and oxygen atoms in total. The Hall–Kier alpha value is -2.22. The van der Waals surface area contributed by atoms with Crippen LogP contribution in [-0.4, -0.2) is 27.9 Å². The Morgan fingerprint density at radius 3 is 3.00 bits per heavy atom. The molecular weight excluding hydrogens is 256 g/mol. The predicted molar refractivity (Wildman–Crippen MR) is 71.8 cm³/mol. The van der Waals surface area contributed by atoms with Crippen molar-refractivity contribution in [2.75, 3.05) is 6.54 Å². The molecule has 1 aromatic rings. The van der Waals surface area contributed by atoms with Crippen LogP contribution in [0.1, 0.15) is 12.5 Å². The Morgan fingerprint density at radius 1 is 1.67 bits per heavy atom. The lowest BCUT2D eigenvalue weighted by Crippen LogP contribution is -2.31. The second-order valence-corrected chi connectivity index (χ2v) is 3.64. The average Bonchev–Trinajstić information content (AvgIpc) is 2.31. The van der Waals surface area contributed by atoms with Gasteiger partial charge in [0.2, 0.25) is 0 Å². The number of nitro groups is 1. The van der Waals surface area contributed by atoms with Gasteiger partial charge < -0.3 is 10.4 Å². The van der Waals surface area contributed by atoms with E-state index in [1.54, 1.807) is 0 Å².